The molecule has 1 saturated carbocycles. The number of hydroxylamine groups is 2. The topological polar surface area (TPSA) is 63.7 Å². The van der Waals surface area contributed by atoms with Gasteiger partial charge in [-0.3, -0.25) is 9.59 Å². The van der Waals surface area contributed by atoms with E-state index in [9.17, 15) is 14.4 Å². The summed E-state index contributed by atoms with van der Waals surface area (Å²) in [5.41, 5.74) is 0. The first-order valence-electron chi connectivity index (χ1n) is 6.15. The van der Waals surface area contributed by atoms with Crippen molar-refractivity contribution in [2.45, 2.75) is 45.4 Å². The summed E-state index contributed by atoms with van der Waals surface area (Å²) in [5, 5.41) is 0.639. The summed E-state index contributed by atoms with van der Waals surface area (Å²) >= 11 is 0. The highest BCUT2D eigenvalue weighted by Crippen LogP contribution is 2.29. The second kappa shape index (κ2) is 4.85. The fraction of sp³-hybridized carbons (Fsp3) is 0.750. The average Bonchev–Trinajstić information content (AvgIpc) is 2.61. The molecule has 1 aliphatic carbocycles. The molecule has 2 aliphatic rings. The molecule has 2 rings (SSSR count). The second-order valence-corrected chi connectivity index (χ2v) is 4.95. The van der Waals surface area contributed by atoms with Gasteiger partial charge in [-0.05, 0) is 31.6 Å². The monoisotopic (exact) mass is 239 g/mol. The van der Waals surface area contributed by atoms with Gasteiger partial charge in [0, 0.05) is 12.8 Å². The molecule has 1 heterocycles. The molecule has 0 spiro atoms. The summed E-state index contributed by atoms with van der Waals surface area (Å²) in [6.07, 6.45) is 3.87. The molecule has 5 heteroatoms. The van der Waals surface area contributed by atoms with Gasteiger partial charge in [0.2, 0.25) is 0 Å². The lowest BCUT2D eigenvalue weighted by Crippen LogP contribution is -2.35. The van der Waals surface area contributed by atoms with Gasteiger partial charge in [0.15, 0.2) is 0 Å². The Labute approximate surface area is 100 Å². The molecule has 0 N–H and O–H groups in total. The highest BCUT2D eigenvalue weighted by molar-refractivity contribution is 6.01. The van der Waals surface area contributed by atoms with E-state index in [1.54, 1.807) is 0 Å². The number of nitrogens with zero attached hydrogens (tertiary/aromatic N) is 1. The number of amides is 2. The first kappa shape index (κ1) is 12.1. The lowest BCUT2D eigenvalue weighted by atomic mass is 9.83. The number of rotatable bonds is 2. The van der Waals surface area contributed by atoms with Crippen LogP contribution < -0.4 is 0 Å². The Hall–Kier alpha value is -1.39. The summed E-state index contributed by atoms with van der Waals surface area (Å²) < 4.78 is 0. The standard InChI is InChI=1S/C12H17NO4/c1-8-2-4-9(5-3-8)12(16)17-13-10(14)6-7-11(13)15/h8-9H,2-7H2,1H3. The van der Waals surface area contributed by atoms with E-state index in [0.29, 0.717) is 11.0 Å². The molecule has 94 valence electrons. The van der Waals surface area contributed by atoms with Crippen LogP contribution in [0.3, 0.4) is 0 Å². The van der Waals surface area contributed by atoms with Gasteiger partial charge in [-0.25, -0.2) is 4.79 Å². The van der Waals surface area contributed by atoms with Crippen LogP contribution in [0.1, 0.15) is 45.4 Å². The third kappa shape index (κ3) is 2.65. The zero-order chi connectivity index (χ0) is 12.4. The minimum atomic E-state index is -0.430. The predicted octanol–water partition coefficient (Wildman–Crippen LogP) is 1.42. The smallest absolute Gasteiger partial charge is 0.330 e. The molecule has 0 aromatic heterocycles. The Morgan fingerprint density at radius 1 is 1.12 bits per heavy atom. The zero-order valence-electron chi connectivity index (χ0n) is 9.98. The molecule has 1 aliphatic heterocycles. The molecule has 2 amide bonds. The Kier molecular flexibility index (Phi) is 3.45. The second-order valence-electron chi connectivity index (χ2n) is 4.95. The van der Waals surface area contributed by atoms with E-state index in [-0.39, 0.29) is 18.8 Å². The van der Waals surface area contributed by atoms with Crippen LogP contribution in [-0.2, 0) is 19.2 Å². The molecule has 0 aromatic rings. The average molecular weight is 239 g/mol. The minimum absolute atomic E-state index is 0.147. The number of carbonyl (C=O) groups is 3. The number of hydrogen-bond acceptors (Lipinski definition) is 4. The van der Waals surface area contributed by atoms with Crippen LogP contribution in [0.15, 0.2) is 0 Å². The quantitative estimate of drug-likeness (QED) is 0.684. The van der Waals surface area contributed by atoms with Gasteiger partial charge in [0.05, 0.1) is 5.92 Å². The van der Waals surface area contributed by atoms with Gasteiger partial charge in [0.1, 0.15) is 0 Å². The van der Waals surface area contributed by atoms with E-state index < -0.39 is 17.8 Å². The number of carbonyl (C=O) groups excluding carboxylic acids is 3. The lowest BCUT2D eigenvalue weighted by Gasteiger charge is -2.25. The van der Waals surface area contributed by atoms with Gasteiger partial charge in [-0.1, -0.05) is 6.92 Å². The van der Waals surface area contributed by atoms with Crippen molar-refractivity contribution in [2.75, 3.05) is 0 Å². The third-order valence-corrected chi connectivity index (χ3v) is 3.54. The number of hydrogen-bond donors (Lipinski definition) is 0. The van der Waals surface area contributed by atoms with Crippen LogP contribution in [0.5, 0.6) is 0 Å². The van der Waals surface area contributed by atoms with Gasteiger partial charge in [-0.2, -0.15) is 0 Å². The van der Waals surface area contributed by atoms with Gasteiger partial charge in [-0.15, -0.1) is 5.06 Å². The fourth-order valence-electron chi connectivity index (χ4n) is 2.32. The van der Waals surface area contributed by atoms with Crippen LogP contribution in [0.4, 0.5) is 0 Å². The molecule has 0 atom stereocenters. The summed E-state index contributed by atoms with van der Waals surface area (Å²) in [5.74, 6) is -0.762. The Morgan fingerprint density at radius 2 is 1.65 bits per heavy atom. The normalized spacial score (nSPS) is 29.6. The highest BCUT2D eigenvalue weighted by Gasteiger charge is 2.35. The van der Waals surface area contributed by atoms with Crippen molar-refractivity contribution in [1.29, 1.82) is 0 Å². The van der Waals surface area contributed by atoms with E-state index in [4.69, 9.17) is 4.84 Å². The first-order valence-corrected chi connectivity index (χ1v) is 6.15. The molecule has 0 bridgehead atoms. The van der Waals surface area contributed by atoms with Crippen molar-refractivity contribution in [3.8, 4) is 0 Å². The largest absolute Gasteiger partial charge is 0.336 e. The molecule has 2 fully saturated rings. The first-order chi connectivity index (χ1) is 8.08. The fourth-order valence-corrected chi connectivity index (χ4v) is 2.32. The molecule has 5 nitrogen and oxygen atoms in total. The summed E-state index contributed by atoms with van der Waals surface area (Å²) in [7, 11) is 0. The van der Waals surface area contributed by atoms with Crippen LogP contribution in [0, 0.1) is 11.8 Å². The van der Waals surface area contributed by atoms with Crippen LogP contribution in [0.25, 0.3) is 0 Å². The summed E-state index contributed by atoms with van der Waals surface area (Å²) in [6.45, 7) is 2.16. The Balaban J connectivity index is 1.88. The predicted molar refractivity (Wildman–Crippen MR) is 58.3 cm³/mol. The van der Waals surface area contributed by atoms with Crippen molar-refractivity contribution < 1.29 is 19.2 Å². The van der Waals surface area contributed by atoms with Crippen molar-refractivity contribution in [1.82, 2.24) is 5.06 Å². The van der Waals surface area contributed by atoms with Crippen molar-refractivity contribution >= 4 is 17.8 Å². The maximum atomic E-state index is 11.8. The highest BCUT2D eigenvalue weighted by atomic mass is 16.7. The van der Waals surface area contributed by atoms with Crippen LogP contribution in [-0.4, -0.2) is 22.8 Å². The van der Waals surface area contributed by atoms with E-state index in [1.807, 2.05) is 0 Å². The Morgan fingerprint density at radius 3 is 2.18 bits per heavy atom. The molecule has 0 aromatic carbocycles. The minimum Gasteiger partial charge on any atom is -0.330 e. The maximum absolute atomic E-state index is 11.8. The van der Waals surface area contributed by atoms with E-state index in [0.717, 1.165) is 25.7 Å². The Bertz CT molecular complexity index is 328. The summed E-state index contributed by atoms with van der Waals surface area (Å²) in [6, 6.07) is 0. The third-order valence-electron chi connectivity index (χ3n) is 3.54. The SMILES string of the molecule is CC1CCC(C(=O)ON2C(=O)CCC2=O)CC1. The lowest BCUT2D eigenvalue weighted by molar-refractivity contribution is -0.201. The van der Waals surface area contributed by atoms with Crippen molar-refractivity contribution in [3.63, 3.8) is 0 Å². The van der Waals surface area contributed by atoms with E-state index in [1.165, 1.54) is 0 Å². The van der Waals surface area contributed by atoms with Gasteiger partial charge < -0.3 is 4.84 Å². The van der Waals surface area contributed by atoms with Crippen molar-refractivity contribution in [3.05, 3.63) is 0 Å². The molecule has 17 heavy (non-hydrogen) atoms. The molecule has 0 unspecified atom stereocenters. The van der Waals surface area contributed by atoms with Gasteiger partial charge in [0.25, 0.3) is 11.8 Å². The zero-order valence-corrected chi connectivity index (χ0v) is 9.98. The van der Waals surface area contributed by atoms with Crippen molar-refractivity contribution in [2.24, 2.45) is 11.8 Å². The molecular formula is C12H17NO4. The summed E-state index contributed by atoms with van der Waals surface area (Å²) in [4.78, 5) is 39.3. The van der Waals surface area contributed by atoms with Crippen LogP contribution >= 0.6 is 0 Å². The van der Waals surface area contributed by atoms with E-state index >= 15 is 0 Å². The molecule has 1 saturated heterocycles. The maximum Gasteiger partial charge on any atom is 0.336 e. The van der Waals surface area contributed by atoms with E-state index in [2.05, 4.69) is 6.92 Å². The molecular weight excluding hydrogens is 222 g/mol. The molecule has 0 radical (unpaired) electrons. The van der Waals surface area contributed by atoms with Crippen LogP contribution in [0.2, 0.25) is 0 Å². The number of imide groups is 1. The van der Waals surface area contributed by atoms with Gasteiger partial charge >= 0.3 is 5.97 Å².